The lowest BCUT2D eigenvalue weighted by molar-refractivity contribution is -0.136. The first-order valence-electron chi connectivity index (χ1n) is 8.44. The SMILES string of the molecule is CN(C)CCCNc1ccc(NC(=O)c2ccccc2N)cc1C(F)(F)F. The molecule has 146 valence electrons. The van der Waals surface area contributed by atoms with Gasteiger partial charge < -0.3 is 21.3 Å². The van der Waals surface area contributed by atoms with Crippen LogP contribution < -0.4 is 16.4 Å². The van der Waals surface area contributed by atoms with Crippen LogP contribution in [0.15, 0.2) is 42.5 Å². The number of benzene rings is 2. The Balaban J connectivity index is 2.17. The number of nitrogens with one attached hydrogen (secondary N) is 2. The Hall–Kier alpha value is -2.74. The van der Waals surface area contributed by atoms with Crippen LogP contribution in [0.1, 0.15) is 22.3 Å². The Morgan fingerprint density at radius 2 is 1.85 bits per heavy atom. The van der Waals surface area contributed by atoms with Crippen LogP contribution in [0.25, 0.3) is 0 Å². The summed E-state index contributed by atoms with van der Waals surface area (Å²) >= 11 is 0. The molecular weight excluding hydrogens is 357 g/mol. The highest BCUT2D eigenvalue weighted by Crippen LogP contribution is 2.36. The molecule has 4 N–H and O–H groups in total. The van der Waals surface area contributed by atoms with Crippen molar-refractivity contribution in [2.45, 2.75) is 12.6 Å². The fraction of sp³-hybridized carbons (Fsp3) is 0.316. The van der Waals surface area contributed by atoms with E-state index in [-0.39, 0.29) is 22.6 Å². The van der Waals surface area contributed by atoms with Crippen molar-refractivity contribution in [1.29, 1.82) is 0 Å². The van der Waals surface area contributed by atoms with Crippen LogP contribution in [-0.2, 0) is 6.18 Å². The zero-order valence-electron chi connectivity index (χ0n) is 15.2. The molecule has 0 radical (unpaired) electrons. The van der Waals surface area contributed by atoms with Crippen LogP contribution in [0, 0.1) is 0 Å². The molecule has 0 heterocycles. The van der Waals surface area contributed by atoms with Gasteiger partial charge in [0, 0.05) is 23.6 Å². The molecule has 2 aromatic rings. The van der Waals surface area contributed by atoms with Gasteiger partial charge in [-0.2, -0.15) is 13.2 Å². The number of alkyl halides is 3. The van der Waals surface area contributed by atoms with E-state index in [9.17, 15) is 18.0 Å². The maximum Gasteiger partial charge on any atom is 0.418 e. The zero-order valence-corrected chi connectivity index (χ0v) is 15.2. The van der Waals surface area contributed by atoms with E-state index in [2.05, 4.69) is 10.6 Å². The summed E-state index contributed by atoms with van der Waals surface area (Å²) in [5, 5.41) is 5.28. The maximum absolute atomic E-state index is 13.4. The van der Waals surface area contributed by atoms with Crippen molar-refractivity contribution < 1.29 is 18.0 Å². The summed E-state index contributed by atoms with van der Waals surface area (Å²) in [6, 6.07) is 10.0. The Morgan fingerprint density at radius 3 is 2.48 bits per heavy atom. The molecule has 0 aliphatic carbocycles. The molecule has 8 heteroatoms. The van der Waals surface area contributed by atoms with Gasteiger partial charge in [-0.15, -0.1) is 0 Å². The van der Waals surface area contributed by atoms with Crippen molar-refractivity contribution in [1.82, 2.24) is 4.90 Å². The monoisotopic (exact) mass is 380 g/mol. The van der Waals surface area contributed by atoms with Crippen molar-refractivity contribution in [3.8, 4) is 0 Å². The third-order valence-electron chi connectivity index (χ3n) is 3.89. The number of carbonyl (C=O) groups is 1. The van der Waals surface area contributed by atoms with E-state index < -0.39 is 17.6 Å². The predicted octanol–water partition coefficient (Wildman–Crippen LogP) is 3.90. The number of carbonyl (C=O) groups excluding carboxylic acids is 1. The molecular formula is C19H23F3N4O. The first kappa shape index (κ1) is 20.6. The van der Waals surface area contributed by atoms with Crippen LogP contribution in [0.2, 0.25) is 0 Å². The average molecular weight is 380 g/mol. The first-order chi connectivity index (χ1) is 12.7. The maximum atomic E-state index is 13.4. The molecule has 1 amide bonds. The van der Waals surface area contributed by atoms with Gasteiger partial charge in [0.1, 0.15) is 0 Å². The molecule has 0 aliphatic heterocycles. The highest BCUT2D eigenvalue weighted by atomic mass is 19.4. The Labute approximate surface area is 156 Å². The lowest BCUT2D eigenvalue weighted by Gasteiger charge is -2.17. The van der Waals surface area contributed by atoms with Crippen LogP contribution >= 0.6 is 0 Å². The van der Waals surface area contributed by atoms with E-state index >= 15 is 0 Å². The smallest absolute Gasteiger partial charge is 0.398 e. The van der Waals surface area contributed by atoms with Crippen LogP contribution in [-0.4, -0.2) is 38.0 Å². The average Bonchev–Trinajstić information content (AvgIpc) is 2.59. The second-order valence-corrected chi connectivity index (χ2v) is 6.38. The summed E-state index contributed by atoms with van der Waals surface area (Å²) in [6.45, 7) is 1.18. The van der Waals surface area contributed by atoms with Crippen LogP contribution in [0.3, 0.4) is 0 Å². The summed E-state index contributed by atoms with van der Waals surface area (Å²) in [7, 11) is 3.80. The van der Waals surface area contributed by atoms with E-state index in [4.69, 9.17) is 5.73 Å². The van der Waals surface area contributed by atoms with Gasteiger partial charge in [-0.25, -0.2) is 0 Å². The Morgan fingerprint density at radius 1 is 1.15 bits per heavy atom. The standard InChI is InChI=1S/C19H23F3N4O/c1-26(2)11-5-10-24-17-9-8-13(12-15(17)19(20,21)22)25-18(27)14-6-3-4-7-16(14)23/h3-4,6-9,12,24H,5,10-11,23H2,1-2H3,(H,25,27). The molecule has 0 aromatic heterocycles. The zero-order chi connectivity index (χ0) is 20.0. The van der Waals surface area contributed by atoms with Crippen molar-refractivity contribution >= 4 is 23.0 Å². The Kier molecular flexibility index (Phi) is 6.68. The minimum absolute atomic E-state index is 0.0153. The number of hydrogen-bond acceptors (Lipinski definition) is 4. The molecule has 0 fully saturated rings. The number of amides is 1. The largest absolute Gasteiger partial charge is 0.418 e. The van der Waals surface area contributed by atoms with Gasteiger partial charge in [-0.1, -0.05) is 12.1 Å². The topological polar surface area (TPSA) is 70.4 Å². The molecule has 5 nitrogen and oxygen atoms in total. The molecule has 0 saturated heterocycles. The second kappa shape index (κ2) is 8.77. The summed E-state index contributed by atoms with van der Waals surface area (Å²) in [5.74, 6) is -0.562. The quantitative estimate of drug-likeness (QED) is 0.503. The van der Waals surface area contributed by atoms with Gasteiger partial charge in [-0.05, 0) is 57.4 Å². The number of anilines is 3. The third-order valence-corrected chi connectivity index (χ3v) is 3.89. The van der Waals surface area contributed by atoms with Gasteiger partial charge in [0.15, 0.2) is 0 Å². The molecule has 2 aromatic carbocycles. The van der Waals surface area contributed by atoms with E-state index in [0.717, 1.165) is 12.6 Å². The van der Waals surface area contributed by atoms with Gasteiger partial charge in [0.25, 0.3) is 5.91 Å². The summed E-state index contributed by atoms with van der Waals surface area (Å²) < 4.78 is 40.2. The number of rotatable bonds is 7. The van der Waals surface area contributed by atoms with Crippen LogP contribution in [0.5, 0.6) is 0 Å². The van der Waals surface area contributed by atoms with E-state index in [1.807, 2.05) is 19.0 Å². The molecule has 0 unspecified atom stereocenters. The summed E-state index contributed by atoms with van der Waals surface area (Å²) in [5.41, 5.74) is 5.40. The number of nitrogens with two attached hydrogens (primary N) is 1. The van der Waals surface area contributed by atoms with Gasteiger partial charge in [-0.3, -0.25) is 4.79 Å². The lowest BCUT2D eigenvalue weighted by atomic mass is 10.1. The number of halogens is 3. The van der Waals surface area contributed by atoms with Gasteiger partial charge in [0.2, 0.25) is 0 Å². The number of para-hydroxylation sites is 1. The lowest BCUT2D eigenvalue weighted by Crippen LogP contribution is -2.18. The molecule has 0 bridgehead atoms. The molecule has 27 heavy (non-hydrogen) atoms. The minimum atomic E-state index is -4.55. The molecule has 0 aliphatic rings. The van der Waals surface area contributed by atoms with E-state index in [0.29, 0.717) is 13.0 Å². The molecule has 0 spiro atoms. The molecule has 0 atom stereocenters. The fourth-order valence-electron chi connectivity index (χ4n) is 2.53. The number of hydrogen-bond donors (Lipinski definition) is 3. The van der Waals surface area contributed by atoms with Crippen molar-refractivity contribution in [3.05, 3.63) is 53.6 Å². The highest BCUT2D eigenvalue weighted by molar-refractivity contribution is 6.07. The summed E-state index contributed by atoms with van der Waals surface area (Å²) in [4.78, 5) is 14.2. The first-order valence-corrected chi connectivity index (χ1v) is 8.44. The van der Waals surface area contributed by atoms with E-state index in [1.165, 1.54) is 18.2 Å². The molecule has 2 rings (SSSR count). The third kappa shape index (κ3) is 5.89. The molecule has 0 saturated carbocycles. The number of nitrogens with zero attached hydrogens (tertiary/aromatic N) is 1. The minimum Gasteiger partial charge on any atom is -0.398 e. The van der Waals surface area contributed by atoms with E-state index in [1.54, 1.807) is 18.2 Å². The summed E-state index contributed by atoms with van der Waals surface area (Å²) in [6.07, 6.45) is -3.84. The fourth-order valence-corrected chi connectivity index (χ4v) is 2.53. The van der Waals surface area contributed by atoms with Crippen LogP contribution in [0.4, 0.5) is 30.2 Å². The predicted molar refractivity (Wildman–Crippen MR) is 102 cm³/mol. The van der Waals surface area contributed by atoms with Crippen molar-refractivity contribution in [2.24, 2.45) is 0 Å². The van der Waals surface area contributed by atoms with Crippen molar-refractivity contribution in [2.75, 3.05) is 43.6 Å². The van der Waals surface area contributed by atoms with Crippen molar-refractivity contribution in [3.63, 3.8) is 0 Å². The Bertz CT molecular complexity index is 791. The van der Waals surface area contributed by atoms with Gasteiger partial charge >= 0.3 is 6.18 Å². The normalized spacial score (nSPS) is 11.5. The van der Waals surface area contributed by atoms with Gasteiger partial charge in [0.05, 0.1) is 11.1 Å². The number of nitrogen functional groups attached to an aromatic ring is 1. The highest BCUT2D eigenvalue weighted by Gasteiger charge is 2.34. The second-order valence-electron chi connectivity index (χ2n) is 6.38.